The molecular formula is C15H10ClF4NO. The summed E-state index contributed by atoms with van der Waals surface area (Å²) in [6.07, 6.45) is -4.45. The van der Waals surface area contributed by atoms with Crippen LogP contribution in [0.3, 0.4) is 0 Å². The van der Waals surface area contributed by atoms with E-state index in [0.29, 0.717) is 5.56 Å². The Labute approximate surface area is 128 Å². The molecule has 0 saturated heterocycles. The van der Waals surface area contributed by atoms with Crippen LogP contribution in [-0.2, 0) is 12.7 Å². The monoisotopic (exact) mass is 331 g/mol. The Bertz CT molecular complexity index is 683. The second-order valence-corrected chi connectivity index (χ2v) is 4.90. The van der Waals surface area contributed by atoms with Crippen molar-refractivity contribution in [3.05, 3.63) is 70.0 Å². The van der Waals surface area contributed by atoms with Crippen LogP contribution in [0.4, 0.5) is 17.6 Å². The summed E-state index contributed by atoms with van der Waals surface area (Å²) in [4.78, 5) is 11.8. The molecule has 0 radical (unpaired) electrons. The van der Waals surface area contributed by atoms with Crippen molar-refractivity contribution in [3.8, 4) is 0 Å². The summed E-state index contributed by atoms with van der Waals surface area (Å²) in [6, 6.07) is 7.58. The van der Waals surface area contributed by atoms with Crippen molar-refractivity contribution in [2.24, 2.45) is 0 Å². The van der Waals surface area contributed by atoms with Crippen molar-refractivity contribution in [2.75, 3.05) is 0 Å². The van der Waals surface area contributed by atoms with Crippen LogP contribution in [-0.4, -0.2) is 5.91 Å². The molecule has 0 bridgehead atoms. The van der Waals surface area contributed by atoms with Crippen molar-refractivity contribution in [2.45, 2.75) is 12.7 Å². The van der Waals surface area contributed by atoms with Gasteiger partial charge < -0.3 is 5.32 Å². The second kappa shape index (κ2) is 6.36. The van der Waals surface area contributed by atoms with Gasteiger partial charge in [-0.25, -0.2) is 4.39 Å². The highest BCUT2D eigenvalue weighted by molar-refractivity contribution is 6.31. The van der Waals surface area contributed by atoms with Crippen molar-refractivity contribution >= 4 is 17.5 Å². The summed E-state index contributed by atoms with van der Waals surface area (Å²) in [5.74, 6) is -1.04. The van der Waals surface area contributed by atoms with E-state index in [1.807, 2.05) is 0 Å². The molecule has 7 heteroatoms. The third-order valence-corrected chi connectivity index (χ3v) is 3.28. The first kappa shape index (κ1) is 16.3. The molecule has 0 atom stereocenters. The fourth-order valence-corrected chi connectivity index (χ4v) is 1.99. The summed E-state index contributed by atoms with van der Waals surface area (Å²) in [5.41, 5.74) is -0.236. The molecule has 22 heavy (non-hydrogen) atoms. The van der Waals surface area contributed by atoms with Gasteiger partial charge in [0, 0.05) is 17.1 Å². The van der Waals surface area contributed by atoms with Crippen LogP contribution < -0.4 is 5.32 Å². The molecule has 0 spiro atoms. The molecule has 0 saturated carbocycles. The van der Waals surface area contributed by atoms with Crippen molar-refractivity contribution < 1.29 is 22.4 Å². The van der Waals surface area contributed by atoms with Gasteiger partial charge in [0.2, 0.25) is 0 Å². The summed E-state index contributed by atoms with van der Waals surface area (Å²) in [5, 5.41) is 2.67. The maximum absolute atomic E-state index is 12.9. The van der Waals surface area contributed by atoms with E-state index in [-0.39, 0.29) is 17.1 Å². The predicted molar refractivity (Wildman–Crippen MR) is 74.0 cm³/mol. The van der Waals surface area contributed by atoms with Crippen LogP contribution >= 0.6 is 11.6 Å². The Hall–Kier alpha value is -2.08. The lowest BCUT2D eigenvalue weighted by atomic mass is 10.1. The van der Waals surface area contributed by atoms with Gasteiger partial charge in [-0.3, -0.25) is 4.79 Å². The normalized spacial score (nSPS) is 11.3. The number of nitrogens with one attached hydrogen (secondary N) is 1. The molecule has 0 aliphatic rings. The zero-order chi connectivity index (χ0) is 16.3. The SMILES string of the molecule is O=C(NCc1ccc(F)cc1Cl)c1ccc(C(F)(F)F)cc1. The fraction of sp³-hybridized carbons (Fsp3) is 0.133. The highest BCUT2D eigenvalue weighted by atomic mass is 35.5. The summed E-state index contributed by atoms with van der Waals surface area (Å²) < 4.78 is 50.1. The standard InChI is InChI=1S/C15H10ClF4NO/c16-13-7-12(17)6-3-10(13)8-21-14(22)9-1-4-11(5-2-9)15(18,19)20/h1-7H,8H2,(H,21,22). The van der Waals surface area contributed by atoms with Crippen molar-refractivity contribution in [3.63, 3.8) is 0 Å². The topological polar surface area (TPSA) is 29.1 Å². The Morgan fingerprint density at radius 3 is 2.27 bits per heavy atom. The van der Waals surface area contributed by atoms with E-state index in [2.05, 4.69) is 5.32 Å². The zero-order valence-electron chi connectivity index (χ0n) is 11.0. The van der Waals surface area contributed by atoms with Crippen LogP contribution in [0.2, 0.25) is 5.02 Å². The number of carbonyl (C=O) groups is 1. The quantitative estimate of drug-likeness (QED) is 0.828. The Morgan fingerprint density at radius 2 is 1.73 bits per heavy atom. The molecule has 0 aliphatic heterocycles. The van der Waals surface area contributed by atoms with Gasteiger partial charge in [-0.2, -0.15) is 13.2 Å². The van der Waals surface area contributed by atoms with E-state index in [1.54, 1.807) is 0 Å². The minimum atomic E-state index is -4.45. The predicted octanol–water partition coefficient (Wildman–Crippen LogP) is 4.43. The molecule has 0 heterocycles. The largest absolute Gasteiger partial charge is 0.416 e. The molecule has 1 amide bonds. The van der Waals surface area contributed by atoms with Gasteiger partial charge in [-0.1, -0.05) is 17.7 Å². The number of alkyl halides is 3. The van der Waals surface area contributed by atoms with E-state index in [1.165, 1.54) is 12.1 Å². The summed E-state index contributed by atoms with van der Waals surface area (Å²) in [6.45, 7) is 0.0406. The molecule has 2 aromatic rings. The van der Waals surface area contributed by atoms with Gasteiger partial charge in [0.1, 0.15) is 5.82 Å². The zero-order valence-corrected chi connectivity index (χ0v) is 11.8. The second-order valence-electron chi connectivity index (χ2n) is 4.49. The first-order chi connectivity index (χ1) is 10.3. The van der Waals surface area contributed by atoms with Gasteiger partial charge in [0.15, 0.2) is 0 Å². The Kier molecular flexibility index (Phi) is 4.71. The van der Waals surface area contributed by atoms with Crippen LogP contribution in [0, 0.1) is 5.82 Å². The Morgan fingerprint density at radius 1 is 1.09 bits per heavy atom. The Balaban J connectivity index is 2.03. The highest BCUT2D eigenvalue weighted by Gasteiger charge is 2.30. The molecule has 2 nitrogen and oxygen atoms in total. The molecular weight excluding hydrogens is 322 g/mol. The van der Waals surface area contributed by atoms with E-state index in [0.717, 1.165) is 30.3 Å². The number of amides is 1. The van der Waals surface area contributed by atoms with E-state index in [9.17, 15) is 22.4 Å². The van der Waals surface area contributed by atoms with Crippen LogP contribution in [0.25, 0.3) is 0 Å². The lowest BCUT2D eigenvalue weighted by molar-refractivity contribution is -0.137. The van der Waals surface area contributed by atoms with Gasteiger partial charge in [-0.15, -0.1) is 0 Å². The smallest absolute Gasteiger partial charge is 0.348 e. The van der Waals surface area contributed by atoms with Gasteiger partial charge in [-0.05, 0) is 42.0 Å². The molecule has 0 aliphatic carbocycles. The van der Waals surface area contributed by atoms with Crippen molar-refractivity contribution in [1.29, 1.82) is 0 Å². The van der Waals surface area contributed by atoms with Crippen LogP contribution in [0.15, 0.2) is 42.5 Å². The molecule has 0 fully saturated rings. The first-order valence-electron chi connectivity index (χ1n) is 6.17. The summed E-state index contributed by atoms with van der Waals surface area (Å²) >= 11 is 5.81. The molecule has 1 N–H and O–H groups in total. The number of hydrogen-bond donors (Lipinski definition) is 1. The maximum atomic E-state index is 12.9. The number of halogens is 5. The van der Waals surface area contributed by atoms with E-state index >= 15 is 0 Å². The minimum absolute atomic E-state index is 0.0406. The van der Waals surface area contributed by atoms with Crippen LogP contribution in [0.5, 0.6) is 0 Å². The van der Waals surface area contributed by atoms with Gasteiger partial charge >= 0.3 is 6.18 Å². The molecule has 116 valence electrons. The van der Waals surface area contributed by atoms with Crippen molar-refractivity contribution in [1.82, 2.24) is 5.32 Å². The maximum Gasteiger partial charge on any atom is 0.416 e. The number of rotatable bonds is 3. The molecule has 2 rings (SSSR count). The average Bonchev–Trinajstić information content (AvgIpc) is 2.45. The van der Waals surface area contributed by atoms with Gasteiger partial charge in [0.05, 0.1) is 5.56 Å². The van der Waals surface area contributed by atoms with Crippen LogP contribution in [0.1, 0.15) is 21.5 Å². The van der Waals surface area contributed by atoms with E-state index < -0.39 is 23.5 Å². The third-order valence-electron chi connectivity index (χ3n) is 2.93. The lowest BCUT2D eigenvalue weighted by Crippen LogP contribution is -2.23. The first-order valence-corrected chi connectivity index (χ1v) is 6.54. The molecule has 2 aromatic carbocycles. The summed E-state index contributed by atoms with van der Waals surface area (Å²) in [7, 11) is 0. The average molecular weight is 332 g/mol. The minimum Gasteiger partial charge on any atom is -0.348 e. The lowest BCUT2D eigenvalue weighted by Gasteiger charge is -2.09. The third kappa shape index (κ3) is 3.98. The molecule has 0 unspecified atom stereocenters. The molecule has 0 aromatic heterocycles. The van der Waals surface area contributed by atoms with Gasteiger partial charge in [0.25, 0.3) is 5.91 Å². The number of benzene rings is 2. The number of hydrogen-bond acceptors (Lipinski definition) is 1. The van der Waals surface area contributed by atoms with E-state index in [4.69, 9.17) is 11.6 Å². The fourth-order valence-electron chi connectivity index (χ4n) is 1.75. The highest BCUT2D eigenvalue weighted by Crippen LogP contribution is 2.29. The number of carbonyl (C=O) groups excluding carboxylic acids is 1.